The number of nitrogen functional groups attached to an aromatic ring is 1. The molecule has 0 aromatic heterocycles. The van der Waals surface area contributed by atoms with E-state index in [1.165, 1.54) is 25.3 Å². The van der Waals surface area contributed by atoms with Gasteiger partial charge in [0.15, 0.2) is 11.6 Å². The molecular formula is C25H25F4N3O5S. The van der Waals surface area contributed by atoms with Crippen molar-refractivity contribution in [1.82, 2.24) is 5.32 Å². The molecule has 0 fully saturated rings. The van der Waals surface area contributed by atoms with Crippen LogP contribution >= 0.6 is 0 Å². The first kappa shape index (κ1) is 28.6. The normalized spacial score (nSPS) is 11.6. The van der Waals surface area contributed by atoms with Gasteiger partial charge in [-0.15, -0.1) is 13.2 Å². The van der Waals surface area contributed by atoms with Gasteiger partial charge in [0.1, 0.15) is 10.6 Å². The second-order valence-electron chi connectivity index (χ2n) is 8.25. The van der Waals surface area contributed by atoms with Crippen LogP contribution in [0.15, 0.2) is 59.5 Å². The van der Waals surface area contributed by atoms with Crippen molar-refractivity contribution in [3.63, 3.8) is 0 Å². The molecular weight excluding hydrogens is 530 g/mol. The van der Waals surface area contributed by atoms with Crippen molar-refractivity contribution in [2.24, 2.45) is 0 Å². The molecule has 0 saturated heterocycles. The summed E-state index contributed by atoms with van der Waals surface area (Å²) in [6.45, 7) is 1.60. The van der Waals surface area contributed by atoms with E-state index in [0.29, 0.717) is 22.5 Å². The molecule has 0 atom stereocenters. The number of amides is 1. The van der Waals surface area contributed by atoms with E-state index in [1.54, 1.807) is 31.2 Å². The molecule has 0 radical (unpaired) electrons. The van der Waals surface area contributed by atoms with Gasteiger partial charge in [-0.1, -0.05) is 12.1 Å². The third-order valence-electron chi connectivity index (χ3n) is 5.36. The fourth-order valence-corrected chi connectivity index (χ4v) is 4.78. The van der Waals surface area contributed by atoms with Crippen molar-refractivity contribution < 1.29 is 40.2 Å². The van der Waals surface area contributed by atoms with Gasteiger partial charge in [-0.25, -0.2) is 12.8 Å². The van der Waals surface area contributed by atoms with Gasteiger partial charge in [-0.3, -0.25) is 9.52 Å². The number of sulfonamides is 1. The molecule has 3 aromatic rings. The number of benzene rings is 3. The van der Waals surface area contributed by atoms with Crippen LogP contribution in [0.1, 0.15) is 23.1 Å². The van der Waals surface area contributed by atoms with E-state index >= 15 is 0 Å². The SMILES string of the molecule is COc1cc(CCC(=O)NCc2ccc(OC(F)(F)F)c(F)c2)ccc1S(=O)(=O)Nc1ccc(N)cc1C. The molecule has 1 amide bonds. The van der Waals surface area contributed by atoms with Crippen molar-refractivity contribution >= 4 is 27.3 Å². The Morgan fingerprint density at radius 2 is 1.71 bits per heavy atom. The van der Waals surface area contributed by atoms with Crippen molar-refractivity contribution in [1.29, 1.82) is 0 Å². The Morgan fingerprint density at radius 3 is 2.34 bits per heavy atom. The lowest BCUT2D eigenvalue weighted by Gasteiger charge is -2.14. The molecule has 0 aliphatic carbocycles. The summed E-state index contributed by atoms with van der Waals surface area (Å²) in [5.41, 5.74) is 8.08. The first-order chi connectivity index (χ1) is 17.8. The van der Waals surface area contributed by atoms with E-state index in [9.17, 15) is 30.8 Å². The van der Waals surface area contributed by atoms with Gasteiger partial charge in [-0.05, 0) is 72.5 Å². The predicted molar refractivity (Wildman–Crippen MR) is 133 cm³/mol. The minimum absolute atomic E-state index is 0.00981. The summed E-state index contributed by atoms with van der Waals surface area (Å²) in [6.07, 6.45) is -4.77. The van der Waals surface area contributed by atoms with E-state index in [2.05, 4.69) is 14.8 Å². The Morgan fingerprint density at radius 1 is 1.00 bits per heavy atom. The quantitative estimate of drug-likeness (QED) is 0.247. The second kappa shape index (κ2) is 11.6. The highest BCUT2D eigenvalue weighted by Gasteiger charge is 2.32. The van der Waals surface area contributed by atoms with Crippen LogP contribution in [0, 0.1) is 12.7 Å². The van der Waals surface area contributed by atoms with Crippen molar-refractivity contribution in [3.8, 4) is 11.5 Å². The summed E-state index contributed by atoms with van der Waals surface area (Å²) in [4.78, 5) is 12.2. The van der Waals surface area contributed by atoms with Gasteiger partial charge in [0, 0.05) is 18.7 Å². The van der Waals surface area contributed by atoms with Crippen molar-refractivity contribution in [2.45, 2.75) is 37.6 Å². The second-order valence-corrected chi connectivity index (χ2v) is 9.91. The molecule has 0 heterocycles. The number of aryl methyl sites for hydroxylation is 2. The third-order valence-corrected chi connectivity index (χ3v) is 6.77. The number of halogens is 4. The molecule has 0 saturated carbocycles. The van der Waals surface area contributed by atoms with E-state index in [1.807, 2.05) is 0 Å². The Hall–Kier alpha value is -4.00. The fraction of sp³-hybridized carbons (Fsp3) is 0.240. The lowest BCUT2D eigenvalue weighted by Crippen LogP contribution is -2.23. The molecule has 0 bridgehead atoms. The number of methoxy groups -OCH3 is 1. The largest absolute Gasteiger partial charge is 0.573 e. The van der Waals surface area contributed by atoms with E-state index in [4.69, 9.17) is 10.5 Å². The summed E-state index contributed by atoms with van der Waals surface area (Å²) in [7, 11) is -2.67. The maximum atomic E-state index is 13.8. The highest BCUT2D eigenvalue weighted by molar-refractivity contribution is 7.92. The summed E-state index contributed by atoms with van der Waals surface area (Å²) < 4.78 is 87.8. The number of rotatable bonds is 10. The summed E-state index contributed by atoms with van der Waals surface area (Å²) >= 11 is 0. The highest BCUT2D eigenvalue weighted by Crippen LogP contribution is 2.29. The van der Waals surface area contributed by atoms with Gasteiger partial charge in [0.05, 0.1) is 12.8 Å². The molecule has 204 valence electrons. The number of carbonyl (C=O) groups is 1. The number of ether oxygens (including phenoxy) is 2. The van der Waals surface area contributed by atoms with E-state index in [0.717, 1.165) is 12.1 Å². The molecule has 3 aromatic carbocycles. The van der Waals surface area contributed by atoms with Crippen LogP contribution in [0.25, 0.3) is 0 Å². The number of hydrogen-bond donors (Lipinski definition) is 3. The molecule has 0 aliphatic rings. The zero-order valence-electron chi connectivity index (χ0n) is 20.4. The standard InChI is InChI=1S/C25H25F4N3O5S/c1-15-11-18(30)6-7-20(15)32-38(34,35)23-9-4-16(13-22(23)36-2)5-10-24(33)31-14-17-3-8-21(19(26)12-17)37-25(27,28)29/h3-4,6-9,11-13,32H,5,10,14,30H2,1-2H3,(H,31,33). The number of nitrogens with two attached hydrogens (primary N) is 1. The zero-order chi connectivity index (χ0) is 28.1. The molecule has 4 N–H and O–H groups in total. The number of hydrogen-bond acceptors (Lipinski definition) is 6. The number of nitrogens with one attached hydrogen (secondary N) is 2. The van der Waals surface area contributed by atoms with Gasteiger partial charge >= 0.3 is 6.36 Å². The number of carbonyl (C=O) groups excluding carboxylic acids is 1. The highest BCUT2D eigenvalue weighted by atomic mass is 32.2. The third kappa shape index (κ3) is 7.75. The zero-order valence-corrected chi connectivity index (χ0v) is 21.2. The Labute approximate surface area is 216 Å². The molecule has 13 heteroatoms. The minimum Gasteiger partial charge on any atom is -0.495 e. The molecule has 0 aliphatic heterocycles. The van der Waals surface area contributed by atoms with E-state index in [-0.39, 0.29) is 35.6 Å². The number of anilines is 2. The molecule has 38 heavy (non-hydrogen) atoms. The average Bonchev–Trinajstić information content (AvgIpc) is 2.83. The smallest absolute Gasteiger partial charge is 0.495 e. The van der Waals surface area contributed by atoms with Crippen molar-refractivity contribution in [2.75, 3.05) is 17.6 Å². The maximum Gasteiger partial charge on any atom is 0.573 e. The fourth-order valence-electron chi connectivity index (χ4n) is 3.50. The van der Waals surface area contributed by atoms with Crippen LogP contribution in [0.4, 0.5) is 28.9 Å². The van der Waals surface area contributed by atoms with Crippen LogP contribution in [0.5, 0.6) is 11.5 Å². The molecule has 0 spiro atoms. The first-order valence-electron chi connectivity index (χ1n) is 11.1. The Kier molecular flexibility index (Phi) is 8.71. The van der Waals surface area contributed by atoms with Gasteiger partial charge in [0.25, 0.3) is 10.0 Å². The van der Waals surface area contributed by atoms with Gasteiger partial charge in [0.2, 0.25) is 5.91 Å². The van der Waals surface area contributed by atoms with Crippen LogP contribution < -0.4 is 25.2 Å². The predicted octanol–water partition coefficient (Wildman–Crippen LogP) is 4.67. The monoisotopic (exact) mass is 555 g/mol. The van der Waals surface area contributed by atoms with Gasteiger partial charge < -0.3 is 20.5 Å². The number of alkyl halides is 3. The first-order valence-corrected chi connectivity index (χ1v) is 12.6. The molecule has 8 nitrogen and oxygen atoms in total. The van der Waals surface area contributed by atoms with Crippen LogP contribution in [0.2, 0.25) is 0 Å². The minimum atomic E-state index is -5.02. The summed E-state index contributed by atoms with van der Waals surface area (Å²) in [6, 6.07) is 12.1. The van der Waals surface area contributed by atoms with Crippen LogP contribution in [-0.4, -0.2) is 27.8 Å². The maximum absolute atomic E-state index is 13.8. The molecule has 0 unspecified atom stereocenters. The van der Waals surface area contributed by atoms with Crippen LogP contribution in [0.3, 0.4) is 0 Å². The molecule has 3 rings (SSSR count). The summed E-state index contributed by atoms with van der Waals surface area (Å²) in [5, 5.41) is 2.55. The summed E-state index contributed by atoms with van der Waals surface area (Å²) in [5.74, 6) is -2.50. The Balaban J connectivity index is 1.60. The van der Waals surface area contributed by atoms with Crippen molar-refractivity contribution in [3.05, 3.63) is 77.1 Å². The van der Waals surface area contributed by atoms with E-state index < -0.39 is 33.9 Å². The topological polar surface area (TPSA) is 120 Å². The lowest BCUT2D eigenvalue weighted by molar-refractivity contribution is -0.275. The Bertz CT molecular complexity index is 1430. The van der Waals surface area contributed by atoms with Gasteiger partial charge in [-0.2, -0.15) is 0 Å². The lowest BCUT2D eigenvalue weighted by atomic mass is 10.1. The van der Waals surface area contributed by atoms with Crippen LogP contribution in [-0.2, 0) is 27.8 Å². The average molecular weight is 556 g/mol.